The van der Waals surface area contributed by atoms with E-state index in [1.807, 2.05) is 0 Å². The van der Waals surface area contributed by atoms with E-state index < -0.39 is 11.7 Å². The number of ether oxygens (including phenoxy) is 1. The summed E-state index contributed by atoms with van der Waals surface area (Å²) in [6.45, 7) is 3.09. The zero-order valence-corrected chi connectivity index (χ0v) is 24.9. The molecule has 4 nitrogen and oxygen atoms in total. The Morgan fingerprint density at radius 1 is 0.634 bits per heavy atom. The van der Waals surface area contributed by atoms with Crippen molar-refractivity contribution >= 4 is 16.9 Å². The molecule has 0 bridgehead atoms. The van der Waals surface area contributed by atoms with Crippen LogP contribution in [0.15, 0.2) is 124 Å². The molecular weight excluding hydrogens is 528 g/mol. The van der Waals surface area contributed by atoms with E-state index in [0.29, 0.717) is 0 Å². The Balaban J connectivity index is 0.000000389. The van der Waals surface area contributed by atoms with Crippen molar-refractivity contribution in [2.45, 2.75) is 79.4 Å². The van der Waals surface area contributed by atoms with E-state index in [4.69, 9.17) is 9.84 Å². The van der Waals surface area contributed by atoms with Gasteiger partial charge in [0.15, 0.2) is 14.7 Å². The molecule has 0 amide bonds. The number of hydrogen-bond acceptors (Lipinski definition) is 3. The van der Waals surface area contributed by atoms with E-state index in [9.17, 15) is 9.90 Å². The summed E-state index contributed by atoms with van der Waals surface area (Å²) in [7, 11) is -0.0931. The minimum Gasteiger partial charge on any atom is -0.872 e. The van der Waals surface area contributed by atoms with Crippen LogP contribution < -0.4 is 9.84 Å². The summed E-state index contributed by atoms with van der Waals surface area (Å²) in [4.78, 5) is 14.2. The molecule has 0 heterocycles. The predicted octanol–water partition coefficient (Wildman–Crippen LogP) is 9.15. The lowest BCUT2D eigenvalue weighted by Crippen LogP contribution is -2.04. The molecule has 0 saturated heterocycles. The Morgan fingerprint density at radius 2 is 1.10 bits per heavy atom. The molecule has 4 aromatic rings. The number of carbonyl (C=O) groups is 1. The number of aromatic carboxylic acids is 1. The average Bonchev–Trinajstić information content (AvgIpc) is 3.00. The number of rotatable bonds is 15. The third-order valence-corrected chi connectivity index (χ3v) is 8.88. The van der Waals surface area contributed by atoms with Crippen LogP contribution in [0.1, 0.15) is 75.1 Å². The largest absolute Gasteiger partial charge is 0.872 e. The lowest BCUT2D eigenvalue weighted by atomic mass is 10.1. The monoisotopic (exact) mass is 570 g/mol. The zero-order valence-electron chi connectivity index (χ0n) is 24.0. The number of carboxylic acids is 1. The highest BCUT2D eigenvalue weighted by Gasteiger charge is 2.28. The van der Waals surface area contributed by atoms with Crippen LogP contribution in [0.3, 0.4) is 0 Å². The van der Waals surface area contributed by atoms with E-state index in [-0.39, 0.29) is 16.5 Å². The Bertz CT molecular complexity index is 1220. The molecule has 0 radical (unpaired) electrons. The van der Waals surface area contributed by atoms with Gasteiger partial charge in [0.2, 0.25) is 0 Å². The van der Waals surface area contributed by atoms with Crippen molar-refractivity contribution in [3.05, 3.63) is 115 Å². The van der Waals surface area contributed by atoms with E-state index in [1.165, 1.54) is 90.3 Å². The number of carboxylic acid groups (broad SMARTS) is 1. The highest BCUT2D eigenvalue weighted by molar-refractivity contribution is 7.97. The average molecular weight is 571 g/mol. The van der Waals surface area contributed by atoms with Gasteiger partial charge in [-0.1, -0.05) is 119 Å². The van der Waals surface area contributed by atoms with E-state index in [1.54, 1.807) is 0 Å². The number of benzene rings is 4. The molecule has 0 aliphatic rings. The second-order valence-corrected chi connectivity index (χ2v) is 11.9. The summed E-state index contributed by atoms with van der Waals surface area (Å²) in [6, 6.07) is 35.8. The first-order valence-electron chi connectivity index (χ1n) is 14.7. The zero-order chi connectivity index (χ0) is 29.1. The molecule has 216 valence electrons. The second-order valence-electron chi connectivity index (χ2n) is 9.88. The summed E-state index contributed by atoms with van der Waals surface area (Å²) in [5.41, 5.74) is -0.178. The SMILES string of the molecule is CCCCCCCCCCCOc1ccc([S+](c2ccccc2)c2ccccc2)cc1.O=C(O)c1ccccc1[O-]. The topological polar surface area (TPSA) is 69.6 Å². The molecule has 0 saturated carbocycles. The van der Waals surface area contributed by atoms with Gasteiger partial charge in [0.25, 0.3) is 0 Å². The van der Waals surface area contributed by atoms with Crippen molar-refractivity contribution in [3.8, 4) is 11.5 Å². The highest BCUT2D eigenvalue weighted by Crippen LogP contribution is 2.32. The van der Waals surface area contributed by atoms with Gasteiger partial charge in [-0.05, 0) is 61.0 Å². The Kier molecular flexibility index (Phi) is 14.4. The molecule has 0 aliphatic heterocycles. The molecule has 0 atom stereocenters. The summed E-state index contributed by atoms with van der Waals surface area (Å²) in [5, 5.41) is 19.0. The van der Waals surface area contributed by atoms with Gasteiger partial charge in [-0.25, -0.2) is 4.79 Å². The molecule has 0 aromatic heterocycles. The van der Waals surface area contributed by atoms with Crippen LogP contribution >= 0.6 is 0 Å². The minimum atomic E-state index is -1.18. The molecule has 0 aliphatic carbocycles. The smallest absolute Gasteiger partial charge is 0.335 e. The maximum Gasteiger partial charge on any atom is 0.335 e. The fourth-order valence-electron chi connectivity index (χ4n) is 4.44. The first-order chi connectivity index (χ1) is 20.1. The van der Waals surface area contributed by atoms with Crippen molar-refractivity contribution in [2.75, 3.05) is 6.61 Å². The first kappa shape index (κ1) is 31.8. The number of para-hydroxylation sites is 1. The Morgan fingerprint density at radius 3 is 1.59 bits per heavy atom. The normalized spacial score (nSPS) is 10.6. The molecule has 0 unspecified atom stereocenters. The lowest BCUT2D eigenvalue weighted by molar-refractivity contribution is -0.268. The number of unbranched alkanes of at least 4 members (excludes halogenated alkanes) is 8. The third-order valence-electron chi connectivity index (χ3n) is 6.65. The van der Waals surface area contributed by atoms with Gasteiger partial charge in [-0.2, -0.15) is 0 Å². The minimum absolute atomic E-state index is 0.0931. The van der Waals surface area contributed by atoms with Crippen molar-refractivity contribution < 1.29 is 19.7 Å². The maximum atomic E-state index is 10.7. The Hall–Kier alpha value is -3.70. The van der Waals surface area contributed by atoms with Gasteiger partial charge < -0.3 is 14.9 Å². The van der Waals surface area contributed by atoms with Crippen LogP contribution in [0.25, 0.3) is 0 Å². The summed E-state index contributed by atoms with van der Waals surface area (Å²) < 4.78 is 6.01. The summed E-state index contributed by atoms with van der Waals surface area (Å²) in [6.07, 6.45) is 12.1. The van der Waals surface area contributed by atoms with Crippen molar-refractivity contribution in [2.24, 2.45) is 0 Å². The van der Waals surface area contributed by atoms with Crippen LogP contribution in [0.5, 0.6) is 11.5 Å². The summed E-state index contributed by atoms with van der Waals surface area (Å²) in [5.74, 6) is -0.645. The molecule has 41 heavy (non-hydrogen) atoms. The third kappa shape index (κ3) is 11.4. The van der Waals surface area contributed by atoms with Crippen molar-refractivity contribution in [3.63, 3.8) is 0 Å². The Labute approximate surface area is 248 Å². The second kappa shape index (κ2) is 18.6. The van der Waals surface area contributed by atoms with E-state index >= 15 is 0 Å². The van der Waals surface area contributed by atoms with Gasteiger partial charge in [-0.15, -0.1) is 0 Å². The van der Waals surface area contributed by atoms with Crippen molar-refractivity contribution in [1.29, 1.82) is 0 Å². The van der Waals surface area contributed by atoms with Crippen molar-refractivity contribution in [1.82, 2.24) is 0 Å². The summed E-state index contributed by atoms with van der Waals surface area (Å²) >= 11 is 0. The van der Waals surface area contributed by atoms with Gasteiger partial charge in [-0.3, -0.25) is 0 Å². The number of hydrogen-bond donors (Lipinski definition) is 1. The van der Waals surface area contributed by atoms with Crippen LogP contribution in [0.2, 0.25) is 0 Å². The van der Waals surface area contributed by atoms with Crippen LogP contribution in [0, 0.1) is 0 Å². The van der Waals surface area contributed by atoms with Gasteiger partial charge in [0, 0.05) is 0 Å². The van der Waals surface area contributed by atoms with Gasteiger partial charge in [0.05, 0.1) is 23.1 Å². The lowest BCUT2D eigenvalue weighted by Gasteiger charge is -2.09. The molecule has 0 spiro atoms. The van der Waals surface area contributed by atoms with Crippen LogP contribution in [0.4, 0.5) is 0 Å². The van der Waals surface area contributed by atoms with Crippen LogP contribution in [-0.2, 0) is 10.9 Å². The van der Waals surface area contributed by atoms with E-state index in [0.717, 1.165) is 18.8 Å². The van der Waals surface area contributed by atoms with Gasteiger partial charge >= 0.3 is 5.97 Å². The molecular formula is C36H42O4S. The standard InChI is InChI=1S/C29H37OS.C7H6O3/c1-2-3-4-5-6-7-8-9-16-25-30-26-21-23-29(24-22-26)31(27-17-12-10-13-18-27)28-19-14-11-15-20-28;8-6-4-2-1-3-5(6)7(9)10/h10-15,17-24H,2-9,16,25H2,1H3;1-4,8H,(H,9,10)/q+1;/p-1. The first-order valence-corrected chi connectivity index (χ1v) is 15.9. The predicted molar refractivity (Wildman–Crippen MR) is 167 cm³/mol. The fraction of sp³-hybridized carbons (Fsp3) is 0.306. The molecule has 4 rings (SSSR count). The van der Waals surface area contributed by atoms with Crippen LogP contribution in [-0.4, -0.2) is 17.7 Å². The maximum absolute atomic E-state index is 10.7. The van der Waals surface area contributed by atoms with E-state index in [2.05, 4.69) is 91.9 Å². The molecule has 4 aromatic carbocycles. The fourth-order valence-corrected chi connectivity index (χ4v) is 6.52. The molecule has 1 N–H and O–H groups in total. The quantitative estimate of drug-likeness (QED) is 0.114. The molecule has 0 fully saturated rings. The highest BCUT2D eigenvalue weighted by atomic mass is 32.2. The molecule has 5 heteroatoms. The van der Waals surface area contributed by atoms with Gasteiger partial charge in [0.1, 0.15) is 5.75 Å².